The zero-order chi connectivity index (χ0) is 4.00. The first kappa shape index (κ1) is 17.7. The van der Waals surface area contributed by atoms with E-state index >= 15 is 0 Å². The van der Waals surface area contributed by atoms with Gasteiger partial charge in [-0.3, -0.25) is 0 Å². The SMILES string of the molecule is [B][O-].[B][O-].[Co+2]. The molecule has 0 rings (SSSR count). The average molecular weight is 113 g/mol. The van der Waals surface area contributed by atoms with Crippen LogP contribution < -0.4 is 10.0 Å². The van der Waals surface area contributed by atoms with Crippen molar-refractivity contribution < 1.29 is 26.8 Å². The molecule has 27 valence electrons. The van der Waals surface area contributed by atoms with Gasteiger partial charge in [-0.2, -0.15) is 0 Å². The molecule has 0 saturated carbocycles. The monoisotopic (exact) mass is 113 g/mol. The second-order valence-corrected chi connectivity index (χ2v) is 0. The van der Waals surface area contributed by atoms with Crippen molar-refractivity contribution in [3.05, 3.63) is 0 Å². The van der Waals surface area contributed by atoms with E-state index in [9.17, 15) is 0 Å². The summed E-state index contributed by atoms with van der Waals surface area (Å²) in [6.45, 7) is 0. The largest absolute Gasteiger partial charge is 2.00 e. The topological polar surface area (TPSA) is 46.1 Å². The van der Waals surface area contributed by atoms with Crippen LogP contribution in [-0.4, -0.2) is 16.1 Å². The normalized spacial score (nSPS) is 2.00. The predicted molar refractivity (Wildman–Crippen MR) is 11.5 cm³/mol. The van der Waals surface area contributed by atoms with E-state index in [4.69, 9.17) is 10.0 Å². The van der Waals surface area contributed by atoms with Crippen molar-refractivity contribution in [2.75, 3.05) is 0 Å². The fourth-order valence-electron chi connectivity index (χ4n) is 0. The zero-order valence-electron chi connectivity index (χ0n) is 2.30. The Balaban J connectivity index is -0.0000000133. The third-order valence-electron chi connectivity index (χ3n) is 0. The standard InChI is InChI=1S/2BO.Co/c2*1-2;/q2*-1;+2. The minimum Gasteiger partial charge on any atom is -0.892 e. The van der Waals surface area contributed by atoms with Gasteiger partial charge < -0.3 is 10.0 Å². The molecule has 0 saturated heterocycles. The maximum atomic E-state index is 7.75. The van der Waals surface area contributed by atoms with E-state index in [1.54, 1.807) is 0 Å². The smallest absolute Gasteiger partial charge is 0.892 e. The molecule has 2 nitrogen and oxygen atoms in total. The number of hydrogen-bond donors (Lipinski definition) is 0. The van der Waals surface area contributed by atoms with Crippen LogP contribution in [0.25, 0.3) is 0 Å². The van der Waals surface area contributed by atoms with Crippen molar-refractivity contribution >= 4 is 16.1 Å². The molecule has 0 aromatic carbocycles. The average Bonchev–Trinajstić information content (AvgIpc) is 1.50. The molecule has 0 atom stereocenters. The molecule has 0 fully saturated rings. The maximum Gasteiger partial charge on any atom is 2.00 e. The Kier molecular flexibility index (Phi) is 657. The van der Waals surface area contributed by atoms with E-state index in [1.807, 2.05) is 0 Å². The van der Waals surface area contributed by atoms with Gasteiger partial charge in [-0.05, 0) is 0 Å². The first-order valence-electron chi connectivity index (χ1n) is 0.471. The van der Waals surface area contributed by atoms with Gasteiger partial charge in [0.1, 0.15) is 0 Å². The van der Waals surface area contributed by atoms with Gasteiger partial charge in [0.25, 0.3) is 0 Å². The summed E-state index contributed by atoms with van der Waals surface area (Å²) in [4.78, 5) is 0. The van der Waals surface area contributed by atoms with Crippen molar-refractivity contribution in [1.29, 1.82) is 0 Å². The minimum atomic E-state index is 0. The first-order valence-corrected chi connectivity index (χ1v) is 0.471. The molecule has 0 unspecified atom stereocenters. The molecule has 5 heavy (non-hydrogen) atoms. The van der Waals surface area contributed by atoms with E-state index in [2.05, 4.69) is 16.1 Å². The Hall–Kier alpha value is 0.556. The van der Waals surface area contributed by atoms with Gasteiger partial charge in [-0.25, -0.2) is 0 Å². The molecule has 0 N–H and O–H groups in total. The van der Waals surface area contributed by atoms with Crippen molar-refractivity contribution in [3.8, 4) is 0 Å². The van der Waals surface area contributed by atoms with Crippen LogP contribution in [0.4, 0.5) is 0 Å². The Labute approximate surface area is 43.7 Å². The van der Waals surface area contributed by atoms with Crippen LogP contribution in [0.5, 0.6) is 0 Å². The minimum absolute atomic E-state index is 0. The second-order valence-electron chi connectivity index (χ2n) is 0. The van der Waals surface area contributed by atoms with Crippen LogP contribution in [0.15, 0.2) is 0 Å². The number of rotatable bonds is 0. The molecular weight excluding hydrogens is 113 g/mol. The molecule has 0 bridgehead atoms. The fraction of sp³-hybridized carbons (Fsp3) is 0. The third-order valence-corrected chi connectivity index (χ3v) is 0. The Bertz CT molecular complexity index is 7.61. The molecule has 5 heteroatoms. The van der Waals surface area contributed by atoms with Crippen molar-refractivity contribution in [3.63, 3.8) is 0 Å². The van der Waals surface area contributed by atoms with Gasteiger partial charge in [-0.1, -0.05) is 0 Å². The van der Waals surface area contributed by atoms with Crippen LogP contribution in [0.3, 0.4) is 0 Å². The first-order chi connectivity index (χ1) is 2.00. The quantitative estimate of drug-likeness (QED) is 0.311. The van der Waals surface area contributed by atoms with E-state index < -0.39 is 0 Å². The van der Waals surface area contributed by atoms with E-state index in [-0.39, 0.29) is 16.8 Å². The summed E-state index contributed by atoms with van der Waals surface area (Å²) in [5.41, 5.74) is 0. The molecule has 5 radical (unpaired) electrons. The molecule has 0 spiro atoms. The van der Waals surface area contributed by atoms with Crippen LogP contribution >= 0.6 is 0 Å². The Morgan fingerprint density at radius 2 is 0.800 bits per heavy atom. The molecule has 0 aliphatic carbocycles. The molecule has 0 aromatic heterocycles. The van der Waals surface area contributed by atoms with Crippen LogP contribution in [0, 0.1) is 0 Å². The summed E-state index contributed by atoms with van der Waals surface area (Å²) in [7, 11) is 6.50. The van der Waals surface area contributed by atoms with Gasteiger partial charge in [0.15, 0.2) is 0 Å². The van der Waals surface area contributed by atoms with Crippen molar-refractivity contribution in [1.82, 2.24) is 0 Å². The molecule has 0 aliphatic rings. The van der Waals surface area contributed by atoms with Crippen LogP contribution in [-0.2, 0) is 16.8 Å². The van der Waals surface area contributed by atoms with E-state index in [0.717, 1.165) is 0 Å². The summed E-state index contributed by atoms with van der Waals surface area (Å²) < 4.78 is 0. The van der Waals surface area contributed by atoms with Gasteiger partial charge in [0, 0.05) is 0 Å². The molecule has 0 amide bonds. The van der Waals surface area contributed by atoms with Crippen LogP contribution in [0.1, 0.15) is 0 Å². The Morgan fingerprint density at radius 3 is 0.800 bits per heavy atom. The van der Waals surface area contributed by atoms with Gasteiger partial charge >= 0.3 is 16.8 Å². The van der Waals surface area contributed by atoms with Crippen molar-refractivity contribution in [2.24, 2.45) is 0 Å². The predicted octanol–water partition coefficient (Wildman–Crippen LogP) is -3.14. The summed E-state index contributed by atoms with van der Waals surface area (Å²) in [5, 5.41) is 15.5. The van der Waals surface area contributed by atoms with Gasteiger partial charge in [-0.15, -0.1) is 16.1 Å². The van der Waals surface area contributed by atoms with E-state index in [1.165, 1.54) is 0 Å². The molecule has 0 heterocycles. The van der Waals surface area contributed by atoms with Crippen LogP contribution in [0.2, 0.25) is 0 Å². The summed E-state index contributed by atoms with van der Waals surface area (Å²) in [6.07, 6.45) is 0. The summed E-state index contributed by atoms with van der Waals surface area (Å²) in [5.74, 6) is 0. The van der Waals surface area contributed by atoms with Gasteiger partial charge in [0.2, 0.25) is 0 Å². The van der Waals surface area contributed by atoms with Gasteiger partial charge in [0.05, 0.1) is 0 Å². The summed E-state index contributed by atoms with van der Waals surface area (Å²) >= 11 is 0. The third kappa shape index (κ3) is 96.2. The molecule has 0 aromatic rings. The summed E-state index contributed by atoms with van der Waals surface area (Å²) in [6, 6.07) is 0. The zero-order valence-corrected chi connectivity index (χ0v) is 3.35. The molecular formula is B2CoO2. The fourth-order valence-corrected chi connectivity index (χ4v) is 0. The second kappa shape index (κ2) is 186. The molecule has 0 aliphatic heterocycles. The van der Waals surface area contributed by atoms with Crippen molar-refractivity contribution in [2.45, 2.75) is 0 Å². The van der Waals surface area contributed by atoms with E-state index in [0.29, 0.717) is 0 Å². The maximum absolute atomic E-state index is 7.75. The Morgan fingerprint density at radius 1 is 0.800 bits per heavy atom. The number of hydrogen-bond acceptors (Lipinski definition) is 2.